The highest BCUT2D eigenvalue weighted by atomic mass is 16.5. The Kier molecular flexibility index (Phi) is 7.11. The van der Waals surface area contributed by atoms with E-state index in [0.717, 1.165) is 19.3 Å². The molecule has 0 aliphatic carbocycles. The number of aliphatic carboxylic acids is 1. The number of carboxylic acid groups (broad SMARTS) is 1. The van der Waals surface area contributed by atoms with Crippen LogP contribution in [0.5, 0.6) is 0 Å². The van der Waals surface area contributed by atoms with Gasteiger partial charge in [0.1, 0.15) is 0 Å². The molecule has 0 amide bonds. The maximum atomic E-state index is 10.4. The second kappa shape index (κ2) is 7.56. The average Bonchev–Trinajstić information content (AvgIpc) is 2.16. The van der Waals surface area contributed by atoms with Crippen LogP contribution >= 0.6 is 0 Å². The van der Waals surface area contributed by atoms with E-state index in [4.69, 9.17) is 4.74 Å². The van der Waals surface area contributed by atoms with Gasteiger partial charge in [-0.2, -0.15) is 0 Å². The van der Waals surface area contributed by atoms with E-state index in [1.807, 2.05) is 6.92 Å². The molecule has 0 aromatic rings. The molecule has 0 aromatic carbocycles. The molecule has 1 unspecified atom stereocenters. The molecular weight excluding hydrogens is 180 g/mol. The van der Waals surface area contributed by atoms with E-state index in [9.17, 15) is 9.90 Å². The molecule has 0 bridgehead atoms. The van der Waals surface area contributed by atoms with Gasteiger partial charge in [-0.1, -0.05) is 26.3 Å². The van der Waals surface area contributed by atoms with E-state index in [2.05, 4.69) is 6.92 Å². The lowest BCUT2D eigenvalue weighted by Gasteiger charge is -2.13. The fourth-order valence-corrected chi connectivity index (χ4v) is 1.01. The maximum absolute atomic E-state index is 10.4. The number of carboxylic acids is 1. The molecule has 0 N–H and O–H groups in total. The van der Waals surface area contributed by atoms with E-state index < -0.39 is 5.97 Å². The number of carbonyl (C=O) groups excluding carboxylic acids is 1. The lowest BCUT2D eigenvalue weighted by Crippen LogP contribution is -2.24. The first kappa shape index (κ1) is 13.2. The van der Waals surface area contributed by atoms with Crippen LogP contribution in [0.15, 0.2) is 11.6 Å². The van der Waals surface area contributed by atoms with Crippen molar-refractivity contribution in [3.8, 4) is 0 Å². The third-order valence-electron chi connectivity index (χ3n) is 1.99. The molecule has 0 radical (unpaired) electrons. The molecule has 3 heteroatoms. The molecule has 14 heavy (non-hydrogen) atoms. The first-order valence-corrected chi connectivity index (χ1v) is 5.13. The zero-order valence-corrected chi connectivity index (χ0v) is 9.21. The summed E-state index contributed by atoms with van der Waals surface area (Å²) < 4.78 is 5.48. The summed E-state index contributed by atoms with van der Waals surface area (Å²) in [7, 11) is 0. The summed E-state index contributed by atoms with van der Waals surface area (Å²) in [5, 5.41) is 10.4. The molecule has 82 valence electrons. The van der Waals surface area contributed by atoms with Crippen molar-refractivity contribution in [2.75, 3.05) is 6.61 Å². The van der Waals surface area contributed by atoms with Crippen LogP contribution in [0.4, 0.5) is 0 Å². The summed E-state index contributed by atoms with van der Waals surface area (Å²) in [6.45, 7) is 6.27. The first-order valence-electron chi connectivity index (χ1n) is 5.13. The van der Waals surface area contributed by atoms with Crippen molar-refractivity contribution in [1.82, 2.24) is 0 Å². The number of hydrogen-bond acceptors (Lipinski definition) is 3. The van der Waals surface area contributed by atoms with E-state index in [-0.39, 0.29) is 11.7 Å². The second-order valence-electron chi connectivity index (χ2n) is 3.31. The topological polar surface area (TPSA) is 49.4 Å². The highest BCUT2D eigenvalue weighted by molar-refractivity contribution is 5.83. The minimum Gasteiger partial charge on any atom is -0.545 e. The van der Waals surface area contributed by atoms with Gasteiger partial charge in [-0.15, -0.1) is 0 Å². The van der Waals surface area contributed by atoms with Crippen LogP contribution in [0.1, 0.15) is 40.0 Å². The SMILES string of the molecule is CCCCOC(/C=C(\C)C(=O)[O-])CC. The van der Waals surface area contributed by atoms with E-state index in [1.165, 1.54) is 6.92 Å². The average molecular weight is 199 g/mol. The normalized spacial score (nSPS) is 14.1. The van der Waals surface area contributed by atoms with Crippen molar-refractivity contribution in [3.63, 3.8) is 0 Å². The first-order chi connectivity index (χ1) is 6.61. The van der Waals surface area contributed by atoms with Crippen molar-refractivity contribution in [2.45, 2.75) is 46.1 Å². The minimum absolute atomic E-state index is 0.0977. The summed E-state index contributed by atoms with van der Waals surface area (Å²) in [6, 6.07) is 0. The molecule has 3 nitrogen and oxygen atoms in total. The molecule has 0 saturated heterocycles. The summed E-state index contributed by atoms with van der Waals surface area (Å²) in [5.74, 6) is -1.12. The zero-order chi connectivity index (χ0) is 11.0. The Morgan fingerprint density at radius 1 is 1.50 bits per heavy atom. The van der Waals surface area contributed by atoms with E-state index in [0.29, 0.717) is 6.61 Å². The predicted molar refractivity (Wildman–Crippen MR) is 53.7 cm³/mol. The van der Waals surface area contributed by atoms with E-state index in [1.54, 1.807) is 6.08 Å². The number of carbonyl (C=O) groups is 1. The highest BCUT2D eigenvalue weighted by Crippen LogP contribution is 2.05. The summed E-state index contributed by atoms with van der Waals surface area (Å²) in [4.78, 5) is 10.4. The van der Waals surface area contributed by atoms with Crippen LogP contribution in [0.2, 0.25) is 0 Å². The minimum atomic E-state index is -1.12. The monoisotopic (exact) mass is 199 g/mol. The van der Waals surface area contributed by atoms with Crippen LogP contribution in [0.25, 0.3) is 0 Å². The van der Waals surface area contributed by atoms with Crippen LogP contribution in [0, 0.1) is 0 Å². The second-order valence-corrected chi connectivity index (χ2v) is 3.31. The standard InChI is InChI=1S/C11H20O3/c1-4-6-7-14-10(5-2)8-9(3)11(12)13/h8,10H,4-7H2,1-3H3,(H,12,13)/p-1/b9-8+. The van der Waals surface area contributed by atoms with Gasteiger partial charge in [0.25, 0.3) is 0 Å². The van der Waals surface area contributed by atoms with Crippen LogP contribution in [0.3, 0.4) is 0 Å². The molecule has 0 fully saturated rings. The van der Waals surface area contributed by atoms with Crippen molar-refractivity contribution in [2.24, 2.45) is 0 Å². The molecular formula is C11H19O3-. The fourth-order valence-electron chi connectivity index (χ4n) is 1.01. The Morgan fingerprint density at radius 3 is 2.57 bits per heavy atom. The Morgan fingerprint density at radius 2 is 2.14 bits per heavy atom. The maximum Gasteiger partial charge on any atom is 0.0759 e. The summed E-state index contributed by atoms with van der Waals surface area (Å²) in [5.41, 5.74) is 0.244. The number of ether oxygens (including phenoxy) is 1. The predicted octanol–water partition coefficient (Wildman–Crippen LogP) is 1.28. The lowest BCUT2D eigenvalue weighted by atomic mass is 10.2. The van der Waals surface area contributed by atoms with Gasteiger partial charge in [-0.25, -0.2) is 0 Å². The van der Waals surface area contributed by atoms with Crippen LogP contribution < -0.4 is 5.11 Å². The van der Waals surface area contributed by atoms with Gasteiger partial charge in [-0.05, 0) is 25.3 Å². The lowest BCUT2D eigenvalue weighted by molar-refractivity contribution is -0.299. The molecule has 0 aliphatic rings. The Hall–Kier alpha value is -0.830. The Labute approximate surface area is 85.8 Å². The van der Waals surface area contributed by atoms with Gasteiger partial charge in [0, 0.05) is 6.61 Å². The molecule has 0 rings (SSSR count). The largest absolute Gasteiger partial charge is 0.545 e. The van der Waals surface area contributed by atoms with Gasteiger partial charge in [-0.3, -0.25) is 0 Å². The summed E-state index contributed by atoms with van der Waals surface area (Å²) in [6.07, 6.45) is 4.40. The quantitative estimate of drug-likeness (QED) is 0.458. The Bertz CT molecular complexity index is 197. The number of unbranched alkanes of at least 4 members (excludes halogenated alkanes) is 1. The van der Waals surface area contributed by atoms with Crippen molar-refractivity contribution < 1.29 is 14.6 Å². The van der Waals surface area contributed by atoms with Gasteiger partial charge in [0.2, 0.25) is 0 Å². The number of rotatable bonds is 7. The smallest absolute Gasteiger partial charge is 0.0759 e. The van der Waals surface area contributed by atoms with Gasteiger partial charge < -0.3 is 14.6 Å². The molecule has 0 spiro atoms. The van der Waals surface area contributed by atoms with Crippen molar-refractivity contribution >= 4 is 5.97 Å². The van der Waals surface area contributed by atoms with Gasteiger partial charge >= 0.3 is 0 Å². The summed E-state index contributed by atoms with van der Waals surface area (Å²) >= 11 is 0. The van der Waals surface area contributed by atoms with Gasteiger partial charge in [0.05, 0.1) is 12.1 Å². The molecule has 0 heterocycles. The molecule has 0 aromatic heterocycles. The molecule has 1 atom stereocenters. The Balaban J connectivity index is 4.01. The number of hydrogen-bond donors (Lipinski definition) is 0. The van der Waals surface area contributed by atoms with E-state index >= 15 is 0 Å². The third-order valence-corrected chi connectivity index (χ3v) is 1.99. The zero-order valence-electron chi connectivity index (χ0n) is 9.21. The third kappa shape index (κ3) is 5.75. The fraction of sp³-hybridized carbons (Fsp3) is 0.727. The molecule has 0 saturated carbocycles. The highest BCUT2D eigenvalue weighted by Gasteiger charge is 2.03. The van der Waals surface area contributed by atoms with Crippen LogP contribution in [-0.2, 0) is 9.53 Å². The van der Waals surface area contributed by atoms with Crippen molar-refractivity contribution in [1.29, 1.82) is 0 Å². The van der Waals surface area contributed by atoms with Gasteiger partial charge in [0.15, 0.2) is 0 Å². The molecule has 0 aliphatic heterocycles. The van der Waals surface area contributed by atoms with Crippen LogP contribution in [-0.4, -0.2) is 18.7 Å². The van der Waals surface area contributed by atoms with Crippen molar-refractivity contribution in [3.05, 3.63) is 11.6 Å².